The van der Waals surface area contributed by atoms with Gasteiger partial charge in [-0.1, -0.05) is 13.3 Å². The van der Waals surface area contributed by atoms with Gasteiger partial charge < -0.3 is 10.2 Å². The highest BCUT2D eigenvalue weighted by molar-refractivity contribution is 5.76. The first-order chi connectivity index (χ1) is 7.15. The van der Waals surface area contributed by atoms with E-state index in [1.165, 1.54) is 12.8 Å². The number of hydrogen-bond acceptors (Lipinski definition) is 2. The molecule has 3 nitrogen and oxygen atoms in total. The monoisotopic (exact) mass is 214 g/mol. The Kier molecular flexibility index (Phi) is 8.38. The van der Waals surface area contributed by atoms with Crippen molar-refractivity contribution in [1.82, 2.24) is 10.2 Å². The molecule has 0 aliphatic carbocycles. The first-order valence-electron chi connectivity index (χ1n) is 6.16. The molecular formula is C12H26N2O. The number of nitrogens with one attached hydrogen (secondary N) is 1. The van der Waals surface area contributed by atoms with Gasteiger partial charge in [0.05, 0.1) is 0 Å². The molecule has 0 aliphatic rings. The molecule has 0 rings (SSSR count). The molecule has 90 valence electrons. The highest BCUT2D eigenvalue weighted by Gasteiger charge is 2.09. The van der Waals surface area contributed by atoms with E-state index in [0.717, 1.165) is 19.6 Å². The maximum atomic E-state index is 11.6. The Morgan fingerprint density at radius 1 is 1.27 bits per heavy atom. The number of nitrogens with zero attached hydrogens (tertiary/aromatic N) is 1. The number of hydrogen-bond donors (Lipinski definition) is 1. The fourth-order valence-electron chi connectivity index (χ4n) is 1.70. The Balaban J connectivity index is 3.62. The predicted molar refractivity (Wildman–Crippen MR) is 64.9 cm³/mol. The van der Waals surface area contributed by atoms with E-state index in [1.54, 1.807) is 0 Å². The molecule has 1 unspecified atom stereocenters. The number of carbonyl (C=O) groups is 1. The topological polar surface area (TPSA) is 32.3 Å². The van der Waals surface area contributed by atoms with Crippen LogP contribution in [0, 0.1) is 0 Å². The molecule has 0 fully saturated rings. The van der Waals surface area contributed by atoms with E-state index in [1.807, 2.05) is 18.7 Å². The molecule has 0 aliphatic heterocycles. The van der Waals surface area contributed by atoms with Crippen LogP contribution in [0.25, 0.3) is 0 Å². The van der Waals surface area contributed by atoms with Crippen molar-refractivity contribution in [3.63, 3.8) is 0 Å². The molecule has 0 aromatic heterocycles. The zero-order valence-electron chi connectivity index (χ0n) is 10.7. The van der Waals surface area contributed by atoms with Crippen molar-refractivity contribution in [2.24, 2.45) is 0 Å². The summed E-state index contributed by atoms with van der Waals surface area (Å²) in [6, 6.07) is 0.527. The van der Waals surface area contributed by atoms with Crippen LogP contribution in [-0.4, -0.2) is 36.5 Å². The van der Waals surface area contributed by atoms with Gasteiger partial charge in [0.1, 0.15) is 0 Å². The Morgan fingerprint density at radius 3 is 2.33 bits per heavy atom. The highest BCUT2D eigenvalue weighted by Crippen LogP contribution is 1.96. The van der Waals surface area contributed by atoms with Crippen molar-refractivity contribution < 1.29 is 4.79 Å². The van der Waals surface area contributed by atoms with Crippen molar-refractivity contribution in [3.8, 4) is 0 Å². The van der Waals surface area contributed by atoms with Crippen LogP contribution < -0.4 is 5.32 Å². The van der Waals surface area contributed by atoms with E-state index >= 15 is 0 Å². The van der Waals surface area contributed by atoms with Gasteiger partial charge in [0.25, 0.3) is 0 Å². The van der Waals surface area contributed by atoms with Crippen molar-refractivity contribution in [3.05, 3.63) is 0 Å². The van der Waals surface area contributed by atoms with Crippen LogP contribution in [0.3, 0.4) is 0 Å². The summed E-state index contributed by atoms with van der Waals surface area (Å²) in [5.74, 6) is 0.260. The van der Waals surface area contributed by atoms with Crippen LogP contribution in [0.5, 0.6) is 0 Å². The minimum atomic E-state index is 0.260. The average molecular weight is 214 g/mol. The van der Waals surface area contributed by atoms with Crippen LogP contribution in [-0.2, 0) is 4.79 Å². The molecule has 0 aromatic rings. The van der Waals surface area contributed by atoms with Crippen molar-refractivity contribution in [1.29, 1.82) is 0 Å². The molecule has 0 saturated carbocycles. The van der Waals surface area contributed by atoms with Crippen LogP contribution >= 0.6 is 0 Å². The Morgan fingerprint density at radius 2 is 1.87 bits per heavy atom. The van der Waals surface area contributed by atoms with Gasteiger partial charge in [0.15, 0.2) is 0 Å². The third-order valence-electron chi connectivity index (χ3n) is 2.67. The number of carbonyl (C=O) groups excluding carboxylic acids is 1. The van der Waals surface area contributed by atoms with E-state index < -0.39 is 0 Å². The van der Waals surface area contributed by atoms with E-state index in [4.69, 9.17) is 0 Å². The third-order valence-corrected chi connectivity index (χ3v) is 2.67. The average Bonchev–Trinajstić information content (AvgIpc) is 2.20. The lowest BCUT2D eigenvalue weighted by molar-refractivity contribution is -0.130. The fourth-order valence-corrected chi connectivity index (χ4v) is 1.70. The van der Waals surface area contributed by atoms with E-state index in [0.29, 0.717) is 12.5 Å². The van der Waals surface area contributed by atoms with Crippen LogP contribution in [0.2, 0.25) is 0 Å². The molecule has 0 bridgehead atoms. The van der Waals surface area contributed by atoms with Gasteiger partial charge in [-0.05, 0) is 27.2 Å². The standard InChI is InChI=1S/C12H26N2O/c1-5-8-11(4)13-10-9-12(15)14(6-2)7-3/h11,13H,5-10H2,1-4H3. The van der Waals surface area contributed by atoms with Gasteiger partial charge in [-0.25, -0.2) is 0 Å². The summed E-state index contributed by atoms with van der Waals surface area (Å²) in [7, 11) is 0. The van der Waals surface area contributed by atoms with Crippen molar-refractivity contribution in [2.45, 2.75) is 53.0 Å². The molecule has 0 aromatic carbocycles. The predicted octanol–water partition coefficient (Wildman–Crippen LogP) is 2.02. The summed E-state index contributed by atoms with van der Waals surface area (Å²) >= 11 is 0. The lowest BCUT2D eigenvalue weighted by Crippen LogP contribution is -2.34. The van der Waals surface area contributed by atoms with Gasteiger partial charge >= 0.3 is 0 Å². The van der Waals surface area contributed by atoms with Crippen molar-refractivity contribution in [2.75, 3.05) is 19.6 Å². The third kappa shape index (κ3) is 6.50. The van der Waals surface area contributed by atoms with Gasteiger partial charge in [-0.3, -0.25) is 4.79 Å². The molecular weight excluding hydrogens is 188 g/mol. The van der Waals surface area contributed by atoms with Gasteiger partial charge in [-0.2, -0.15) is 0 Å². The Hall–Kier alpha value is -0.570. The lowest BCUT2D eigenvalue weighted by atomic mass is 10.2. The zero-order valence-corrected chi connectivity index (χ0v) is 10.7. The summed E-state index contributed by atoms with van der Waals surface area (Å²) in [6.07, 6.45) is 2.99. The molecule has 15 heavy (non-hydrogen) atoms. The SMILES string of the molecule is CCCC(C)NCCC(=O)N(CC)CC. The first kappa shape index (κ1) is 14.4. The summed E-state index contributed by atoms with van der Waals surface area (Å²) < 4.78 is 0. The highest BCUT2D eigenvalue weighted by atomic mass is 16.2. The summed E-state index contributed by atoms with van der Waals surface area (Å²) in [5, 5.41) is 3.37. The minimum absolute atomic E-state index is 0.260. The quantitative estimate of drug-likeness (QED) is 0.670. The van der Waals surface area contributed by atoms with Gasteiger partial charge in [-0.15, -0.1) is 0 Å². The lowest BCUT2D eigenvalue weighted by Gasteiger charge is -2.19. The molecule has 0 saturated heterocycles. The second-order valence-corrected chi connectivity index (χ2v) is 3.96. The maximum absolute atomic E-state index is 11.6. The minimum Gasteiger partial charge on any atom is -0.343 e. The van der Waals surface area contributed by atoms with Gasteiger partial charge in [0, 0.05) is 32.1 Å². The second kappa shape index (κ2) is 8.72. The number of amides is 1. The van der Waals surface area contributed by atoms with Crippen LogP contribution in [0.4, 0.5) is 0 Å². The molecule has 0 spiro atoms. The second-order valence-electron chi connectivity index (χ2n) is 3.96. The molecule has 3 heteroatoms. The summed E-state index contributed by atoms with van der Waals surface area (Å²) in [4.78, 5) is 13.5. The largest absolute Gasteiger partial charge is 0.343 e. The molecule has 0 radical (unpaired) electrons. The van der Waals surface area contributed by atoms with Gasteiger partial charge in [0.2, 0.25) is 5.91 Å². The normalized spacial score (nSPS) is 12.5. The Bertz CT molecular complexity index is 167. The fraction of sp³-hybridized carbons (Fsp3) is 0.917. The molecule has 1 N–H and O–H groups in total. The van der Waals surface area contributed by atoms with Crippen LogP contribution in [0.15, 0.2) is 0 Å². The van der Waals surface area contributed by atoms with Crippen molar-refractivity contribution >= 4 is 5.91 Å². The first-order valence-corrected chi connectivity index (χ1v) is 6.16. The molecule has 1 atom stereocenters. The molecule has 0 heterocycles. The van der Waals surface area contributed by atoms with E-state index in [-0.39, 0.29) is 5.91 Å². The summed E-state index contributed by atoms with van der Waals surface area (Å²) in [5.41, 5.74) is 0. The number of rotatable bonds is 8. The van der Waals surface area contributed by atoms with E-state index in [9.17, 15) is 4.79 Å². The maximum Gasteiger partial charge on any atom is 0.223 e. The zero-order chi connectivity index (χ0) is 11.7. The van der Waals surface area contributed by atoms with E-state index in [2.05, 4.69) is 19.2 Å². The summed E-state index contributed by atoms with van der Waals surface area (Å²) in [6.45, 7) is 10.8. The Labute approximate surface area is 94.2 Å². The molecule has 1 amide bonds. The smallest absolute Gasteiger partial charge is 0.223 e. The van der Waals surface area contributed by atoms with Crippen LogP contribution in [0.1, 0.15) is 47.0 Å².